The summed E-state index contributed by atoms with van der Waals surface area (Å²) in [5, 5.41) is 0. The molecule has 2 N–H and O–H groups in total. The van der Waals surface area contributed by atoms with Gasteiger partial charge in [0, 0.05) is 37.1 Å². The van der Waals surface area contributed by atoms with Crippen LogP contribution < -0.4 is 5.73 Å². The predicted molar refractivity (Wildman–Crippen MR) is 75.1 cm³/mol. The molecular weight excluding hydrogens is 222 g/mol. The highest BCUT2D eigenvalue weighted by Crippen LogP contribution is 2.09. The summed E-state index contributed by atoms with van der Waals surface area (Å²) in [6.45, 7) is 1.91. The number of rotatable bonds is 5. The maximum Gasteiger partial charge on any atom is 0.0416 e. The Morgan fingerprint density at radius 3 is 2.78 bits per heavy atom. The van der Waals surface area contributed by atoms with E-state index < -0.39 is 0 Å². The Balaban J connectivity index is 1.84. The molecule has 0 aliphatic carbocycles. The van der Waals surface area contributed by atoms with E-state index in [4.69, 9.17) is 5.73 Å². The van der Waals surface area contributed by atoms with Crippen LogP contribution in [0.2, 0.25) is 0 Å². The molecular formula is C15H19N3. The van der Waals surface area contributed by atoms with Gasteiger partial charge in [-0.2, -0.15) is 0 Å². The van der Waals surface area contributed by atoms with Gasteiger partial charge in [0.2, 0.25) is 0 Å². The quantitative estimate of drug-likeness (QED) is 0.817. The average molecular weight is 241 g/mol. The fourth-order valence-electron chi connectivity index (χ4n) is 1.93. The van der Waals surface area contributed by atoms with Crippen molar-refractivity contribution >= 4 is 5.69 Å². The van der Waals surface area contributed by atoms with Gasteiger partial charge >= 0.3 is 0 Å². The van der Waals surface area contributed by atoms with E-state index in [1.54, 1.807) is 0 Å². The van der Waals surface area contributed by atoms with Crippen LogP contribution in [0.1, 0.15) is 11.3 Å². The van der Waals surface area contributed by atoms with Gasteiger partial charge in [0.25, 0.3) is 0 Å². The van der Waals surface area contributed by atoms with E-state index >= 15 is 0 Å². The lowest BCUT2D eigenvalue weighted by atomic mass is 10.2. The molecule has 0 amide bonds. The highest BCUT2D eigenvalue weighted by molar-refractivity contribution is 5.40. The Bertz CT molecular complexity index is 482. The van der Waals surface area contributed by atoms with Gasteiger partial charge in [0.05, 0.1) is 0 Å². The summed E-state index contributed by atoms with van der Waals surface area (Å²) >= 11 is 0. The lowest BCUT2D eigenvalue weighted by molar-refractivity contribution is 0.330. The highest BCUT2D eigenvalue weighted by atomic mass is 15.1. The number of nitrogens with zero attached hydrogens (tertiary/aromatic N) is 2. The first kappa shape index (κ1) is 12.6. The van der Waals surface area contributed by atoms with Crippen LogP contribution in [0.4, 0.5) is 5.69 Å². The van der Waals surface area contributed by atoms with Gasteiger partial charge in [0.15, 0.2) is 0 Å². The van der Waals surface area contributed by atoms with Crippen LogP contribution in [0.25, 0.3) is 0 Å². The Hall–Kier alpha value is -1.87. The van der Waals surface area contributed by atoms with Crippen LogP contribution in [0, 0.1) is 0 Å². The molecule has 1 heterocycles. The molecule has 18 heavy (non-hydrogen) atoms. The minimum absolute atomic E-state index is 0.825. The molecule has 0 aliphatic rings. The van der Waals surface area contributed by atoms with E-state index in [1.807, 2.05) is 36.5 Å². The van der Waals surface area contributed by atoms with Crippen LogP contribution in [0.3, 0.4) is 0 Å². The Kier molecular flexibility index (Phi) is 4.31. The number of aromatic nitrogens is 1. The van der Waals surface area contributed by atoms with Crippen LogP contribution in [-0.2, 0) is 13.0 Å². The second kappa shape index (κ2) is 6.17. The van der Waals surface area contributed by atoms with Gasteiger partial charge < -0.3 is 10.6 Å². The lowest BCUT2D eigenvalue weighted by Crippen LogP contribution is -2.21. The van der Waals surface area contributed by atoms with Gasteiger partial charge in [-0.1, -0.05) is 18.2 Å². The van der Waals surface area contributed by atoms with Crippen molar-refractivity contribution in [3.63, 3.8) is 0 Å². The van der Waals surface area contributed by atoms with E-state index in [2.05, 4.69) is 29.1 Å². The SMILES string of the molecule is CN(CCc1ccccn1)Cc1cccc(N)c1. The number of nitrogen functional groups attached to an aromatic ring is 1. The topological polar surface area (TPSA) is 42.2 Å². The molecule has 1 aromatic carbocycles. The zero-order valence-electron chi connectivity index (χ0n) is 10.7. The fourth-order valence-corrected chi connectivity index (χ4v) is 1.93. The van der Waals surface area contributed by atoms with Gasteiger partial charge in [-0.05, 0) is 36.9 Å². The minimum atomic E-state index is 0.825. The van der Waals surface area contributed by atoms with Gasteiger partial charge in [-0.25, -0.2) is 0 Å². The van der Waals surface area contributed by atoms with Crippen molar-refractivity contribution in [3.05, 3.63) is 59.9 Å². The highest BCUT2D eigenvalue weighted by Gasteiger charge is 2.01. The van der Waals surface area contributed by atoms with E-state index in [-0.39, 0.29) is 0 Å². The number of benzene rings is 1. The van der Waals surface area contributed by atoms with Crippen molar-refractivity contribution in [1.29, 1.82) is 0 Å². The largest absolute Gasteiger partial charge is 0.399 e. The number of hydrogen-bond acceptors (Lipinski definition) is 3. The van der Waals surface area contributed by atoms with Crippen molar-refractivity contribution in [1.82, 2.24) is 9.88 Å². The standard InChI is InChI=1S/C15H19N3/c1-18(10-8-15-7-2-3-9-17-15)12-13-5-4-6-14(16)11-13/h2-7,9,11H,8,10,12,16H2,1H3. The van der Waals surface area contributed by atoms with Crippen molar-refractivity contribution in [2.75, 3.05) is 19.3 Å². The van der Waals surface area contributed by atoms with Crippen LogP contribution in [-0.4, -0.2) is 23.5 Å². The molecule has 0 aliphatic heterocycles. The first-order chi connectivity index (χ1) is 8.74. The molecule has 0 spiro atoms. The number of nitrogens with two attached hydrogens (primary N) is 1. The molecule has 0 saturated carbocycles. The van der Waals surface area contributed by atoms with Crippen molar-refractivity contribution in [2.45, 2.75) is 13.0 Å². The lowest BCUT2D eigenvalue weighted by Gasteiger charge is -2.16. The van der Waals surface area contributed by atoms with Gasteiger partial charge in [0.1, 0.15) is 0 Å². The summed E-state index contributed by atoms with van der Waals surface area (Å²) in [4.78, 5) is 6.61. The van der Waals surface area contributed by atoms with Crippen LogP contribution in [0.5, 0.6) is 0 Å². The zero-order chi connectivity index (χ0) is 12.8. The third-order valence-electron chi connectivity index (χ3n) is 2.88. The fraction of sp³-hybridized carbons (Fsp3) is 0.267. The molecule has 94 valence electrons. The number of anilines is 1. The average Bonchev–Trinajstić information content (AvgIpc) is 2.38. The smallest absolute Gasteiger partial charge is 0.0416 e. The number of hydrogen-bond donors (Lipinski definition) is 1. The third kappa shape index (κ3) is 3.86. The summed E-state index contributed by atoms with van der Waals surface area (Å²) < 4.78 is 0. The van der Waals surface area contributed by atoms with Crippen molar-refractivity contribution < 1.29 is 0 Å². The molecule has 2 aromatic rings. The second-order valence-corrected chi connectivity index (χ2v) is 4.55. The Morgan fingerprint density at radius 1 is 1.17 bits per heavy atom. The summed E-state index contributed by atoms with van der Waals surface area (Å²) in [6, 6.07) is 14.1. The number of pyridine rings is 1. The maximum absolute atomic E-state index is 5.77. The van der Waals surface area contributed by atoms with Gasteiger partial charge in [-0.15, -0.1) is 0 Å². The first-order valence-electron chi connectivity index (χ1n) is 6.17. The summed E-state index contributed by atoms with van der Waals surface area (Å²) in [5.74, 6) is 0. The normalized spacial score (nSPS) is 10.8. The van der Waals surface area contributed by atoms with E-state index in [0.717, 1.165) is 30.9 Å². The van der Waals surface area contributed by atoms with Crippen molar-refractivity contribution in [3.8, 4) is 0 Å². The third-order valence-corrected chi connectivity index (χ3v) is 2.88. The molecule has 0 unspecified atom stereocenters. The van der Waals surface area contributed by atoms with Crippen molar-refractivity contribution in [2.24, 2.45) is 0 Å². The van der Waals surface area contributed by atoms with Crippen LogP contribution >= 0.6 is 0 Å². The Labute approximate surface area is 108 Å². The summed E-state index contributed by atoms with van der Waals surface area (Å²) in [5.41, 5.74) is 8.98. The van der Waals surface area contributed by atoms with E-state index in [1.165, 1.54) is 5.56 Å². The molecule has 1 aromatic heterocycles. The van der Waals surface area contributed by atoms with E-state index in [9.17, 15) is 0 Å². The molecule has 0 atom stereocenters. The molecule has 2 rings (SSSR count). The Morgan fingerprint density at radius 2 is 2.06 bits per heavy atom. The first-order valence-corrected chi connectivity index (χ1v) is 6.17. The molecule has 0 radical (unpaired) electrons. The number of likely N-dealkylation sites (N-methyl/N-ethyl adjacent to an activating group) is 1. The predicted octanol–water partition coefficient (Wildman–Crippen LogP) is 2.34. The maximum atomic E-state index is 5.77. The molecule has 3 heteroatoms. The van der Waals surface area contributed by atoms with E-state index in [0.29, 0.717) is 0 Å². The second-order valence-electron chi connectivity index (χ2n) is 4.55. The molecule has 3 nitrogen and oxygen atoms in total. The molecule has 0 bridgehead atoms. The summed E-state index contributed by atoms with van der Waals surface area (Å²) in [7, 11) is 2.12. The minimum Gasteiger partial charge on any atom is -0.399 e. The zero-order valence-corrected chi connectivity index (χ0v) is 10.7. The van der Waals surface area contributed by atoms with Gasteiger partial charge in [-0.3, -0.25) is 4.98 Å². The van der Waals surface area contributed by atoms with Crippen LogP contribution in [0.15, 0.2) is 48.7 Å². The summed E-state index contributed by atoms with van der Waals surface area (Å²) in [6.07, 6.45) is 2.81. The molecule has 0 saturated heterocycles. The molecule has 0 fully saturated rings. The monoisotopic (exact) mass is 241 g/mol.